The Morgan fingerprint density at radius 3 is 2.88 bits per heavy atom. The van der Waals surface area contributed by atoms with Crippen molar-refractivity contribution in [2.75, 3.05) is 45.0 Å². The van der Waals surface area contributed by atoms with Crippen molar-refractivity contribution in [2.24, 2.45) is 0 Å². The average molecular weight is 462 g/mol. The van der Waals surface area contributed by atoms with Gasteiger partial charge in [-0.05, 0) is 18.2 Å². The average Bonchev–Trinajstić information content (AvgIpc) is 3.12. The number of urea groups is 1. The number of methoxy groups -OCH3 is 1. The minimum absolute atomic E-state index is 0.0112. The highest BCUT2D eigenvalue weighted by Crippen LogP contribution is 2.35. The molecule has 10 nitrogen and oxygen atoms in total. The highest BCUT2D eigenvalue weighted by Gasteiger charge is 2.38. The molecule has 2 fully saturated rings. The van der Waals surface area contributed by atoms with E-state index >= 15 is 0 Å². The summed E-state index contributed by atoms with van der Waals surface area (Å²) < 4.78 is 37.7. The van der Waals surface area contributed by atoms with Gasteiger partial charge in [-0.1, -0.05) is 0 Å². The molecule has 0 aliphatic carbocycles. The van der Waals surface area contributed by atoms with Gasteiger partial charge in [0.25, 0.3) is 11.8 Å². The van der Waals surface area contributed by atoms with Gasteiger partial charge in [-0.25, -0.2) is 29.0 Å². The van der Waals surface area contributed by atoms with Crippen LogP contribution >= 0.6 is 0 Å². The van der Waals surface area contributed by atoms with Crippen molar-refractivity contribution in [1.29, 1.82) is 0 Å². The number of rotatable bonds is 4. The van der Waals surface area contributed by atoms with Crippen LogP contribution in [-0.4, -0.2) is 83.9 Å². The summed E-state index contributed by atoms with van der Waals surface area (Å²) in [4.78, 5) is 34.6. The van der Waals surface area contributed by atoms with Crippen LogP contribution in [0.5, 0.6) is 5.75 Å². The van der Waals surface area contributed by atoms with Crippen LogP contribution in [0, 0.1) is 0 Å². The monoisotopic (exact) mass is 462 g/mol. The number of ether oxygens (including phenoxy) is 2. The summed E-state index contributed by atoms with van der Waals surface area (Å²) in [5, 5.41) is 1.38. The highest BCUT2D eigenvalue weighted by molar-refractivity contribution is 5.95. The van der Waals surface area contributed by atoms with Crippen molar-refractivity contribution < 1.29 is 27.8 Å². The zero-order valence-electron chi connectivity index (χ0n) is 18.0. The lowest BCUT2D eigenvalue weighted by atomic mass is 10.1. The Labute approximate surface area is 189 Å². The van der Waals surface area contributed by atoms with Crippen LogP contribution in [0.15, 0.2) is 36.3 Å². The normalized spacial score (nSPS) is 23.8. The minimum atomic E-state index is -2.72. The topological polar surface area (TPSA) is 90.5 Å². The molecule has 5 heterocycles. The van der Waals surface area contributed by atoms with E-state index in [9.17, 15) is 18.4 Å². The molecule has 176 valence electrons. The molecule has 33 heavy (non-hydrogen) atoms. The van der Waals surface area contributed by atoms with Crippen LogP contribution < -0.4 is 15.1 Å². The molecular formula is C21H24F2N6O4. The van der Waals surface area contributed by atoms with Crippen molar-refractivity contribution >= 4 is 17.8 Å². The number of aromatic nitrogens is 1. The fourth-order valence-corrected chi connectivity index (χ4v) is 4.27. The third-order valence-corrected chi connectivity index (χ3v) is 6.03. The van der Waals surface area contributed by atoms with E-state index in [0.29, 0.717) is 30.3 Å². The lowest BCUT2D eigenvalue weighted by Crippen LogP contribution is -2.43. The molecule has 4 aliphatic rings. The molecule has 1 unspecified atom stereocenters. The maximum Gasteiger partial charge on any atom is 0.342 e. The number of piperidine rings is 1. The molecule has 2 saturated heterocycles. The number of anilines is 1. The van der Waals surface area contributed by atoms with Gasteiger partial charge in [-0.2, -0.15) is 0 Å². The molecule has 3 amide bonds. The zero-order valence-corrected chi connectivity index (χ0v) is 18.0. The number of alkyl halides is 2. The molecule has 1 aromatic heterocycles. The van der Waals surface area contributed by atoms with Crippen LogP contribution in [0.1, 0.15) is 23.2 Å². The standard InChI is InChI=1S/C21H24F2N6O4/c1-32-13-29-20(31)28-5-2-15(11-17(28)25-29)27-8-9-33-16-10-14(12-24-18(16)27)19(30)26-6-3-21(22,23)4-7-26/h2,5,10-12,17,25H,3-4,6-9,13H2,1H3. The molecule has 4 aliphatic heterocycles. The van der Waals surface area contributed by atoms with Gasteiger partial charge >= 0.3 is 6.03 Å². The van der Waals surface area contributed by atoms with Crippen LogP contribution in [0.3, 0.4) is 0 Å². The number of fused-ring (bicyclic) bond motifs is 2. The Balaban J connectivity index is 1.34. The number of pyridine rings is 1. The number of hydrazine groups is 1. The molecule has 0 spiro atoms. The second-order valence-corrected chi connectivity index (χ2v) is 8.21. The fourth-order valence-electron chi connectivity index (χ4n) is 4.27. The van der Waals surface area contributed by atoms with Gasteiger partial charge in [0.2, 0.25) is 0 Å². The first-order valence-corrected chi connectivity index (χ1v) is 10.7. The Bertz CT molecular complexity index is 1020. The van der Waals surface area contributed by atoms with Gasteiger partial charge in [-0.3, -0.25) is 9.69 Å². The highest BCUT2D eigenvalue weighted by atomic mass is 19.3. The predicted octanol–water partition coefficient (Wildman–Crippen LogP) is 1.74. The van der Waals surface area contributed by atoms with Gasteiger partial charge < -0.3 is 19.3 Å². The number of likely N-dealkylation sites (tertiary alicyclic amines) is 1. The lowest BCUT2D eigenvalue weighted by molar-refractivity contribution is -0.0494. The first-order chi connectivity index (χ1) is 15.9. The van der Waals surface area contributed by atoms with E-state index in [-0.39, 0.29) is 50.8 Å². The first-order valence-electron chi connectivity index (χ1n) is 10.7. The summed E-state index contributed by atoms with van der Waals surface area (Å²) in [6.45, 7) is 1.06. The largest absolute Gasteiger partial charge is 0.488 e. The van der Waals surface area contributed by atoms with E-state index in [2.05, 4.69) is 10.4 Å². The molecule has 1 N–H and O–H groups in total. The number of hydrogen-bond acceptors (Lipinski definition) is 7. The fraction of sp³-hybridized carbons (Fsp3) is 0.476. The van der Waals surface area contributed by atoms with Crippen molar-refractivity contribution in [2.45, 2.75) is 24.9 Å². The van der Waals surface area contributed by atoms with Crippen molar-refractivity contribution in [1.82, 2.24) is 25.2 Å². The predicted molar refractivity (Wildman–Crippen MR) is 112 cm³/mol. The molecule has 12 heteroatoms. The maximum absolute atomic E-state index is 13.4. The Kier molecular flexibility index (Phi) is 5.41. The molecule has 1 aromatic rings. The number of hydrogen-bond donors (Lipinski definition) is 1. The van der Waals surface area contributed by atoms with Crippen LogP contribution in [0.25, 0.3) is 0 Å². The summed E-state index contributed by atoms with van der Waals surface area (Å²) in [6, 6.07) is 1.40. The minimum Gasteiger partial charge on any atom is -0.488 e. The van der Waals surface area contributed by atoms with E-state index in [0.717, 1.165) is 5.70 Å². The van der Waals surface area contributed by atoms with Crippen molar-refractivity contribution in [3.8, 4) is 5.75 Å². The van der Waals surface area contributed by atoms with Crippen LogP contribution in [-0.2, 0) is 4.74 Å². The summed E-state index contributed by atoms with van der Waals surface area (Å²) in [6.07, 6.45) is 5.83. The Morgan fingerprint density at radius 1 is 1.33 bits per heavy atom. The van der Waals surface area contributed by atoms with E-state index in [1.165, 1.54) is 23.2 Å². The number of amides is 3. The third kappa shape index (κ3) is 4.00. The molecule has 0 bridgehead atoms. The Hall–Kier alpha value is -3.25. The van der Waals surface area contributed by atoms with Crippen LogP contribution in [0.4, 0.5) is 19.4 Å². The second-order valence-electron chi connectivity index (χ2n) is 8.21. The number of nitrogens with one attached hydrogen (secondary N) is 1. The van der Waals surface area contributed by atoms with E-state index in [1.807, 2.05) is 17.1 Å². The molecule has 0 saturated carbocycles. The maximum atomic E-state index is 13.4. The first kappa shape index (κ1) is 21.6. The summed E-state index contributed by atoms with van der Waals surface area (Å²) in [5.74, 6) is -2.06. The van der Waals surface area contributed by atoms with E-state index in [1.54, 1.807) is 17.2 Å². The second kappa shape index (κ2) is 8.27. The van der Waals surface area contributed by atoms with Gasteiger partial charge in [0.05, 0.1) is 12.1 Å². The van der Waals surface area contributed by atoms with E-state index in [4.69, 9.17) is 9.47 Å². The summed E-state index contributed by atoms with van der Waals surface area (Å²) >= 11 is 0. The summed E-state index contributed by atoms with van der Waals surface area (Å²) in [7, 11) is 1.51. The zero-order chi connectivity index (χ0) is 23.2. The van der Waals surface area contributed by atoms with Gasteiger partial charge in [0, 0.05) is 51.1 Å². The SMILES string of the molecule is COCN1NC2C=C(N3CCOc4cc(C(=O)N5CCC(F)(F)CC5)cnc43)C=CN2C1=O. The number of nitrogens with zero attached hydrogens (tertiary/aromatic N) is 5. The quantitative estimate of drug-likeness (QED) is 0.729. The molecule has 5 rings (SSSR count). The number of halogens is 2. The van der Waals surface area contributed by atoms with E-state index < -0.39 is 5.92 Å². The van der Waals surface area contributed by atoms with Gasteiger partial charge in [-0.15, -0.1) is 0 Å². The number of allylic oxidation sites excluding steroid dienone is 1. The number of carbonyl (C=O) groups excluding carboxylic acids is 2. The molecule has 0 aromatic carbocycles. The van der Waals surface area contributed by atoms with Crippen molar-refractivity contribution in [3.63, 3.8) is 0 Å². The number of carbonyl (C=O) groups is 2. The van der Waals surface area contributed by atoms with Crippen molar-refractivity contribution in [3.05, 3.63) is 41.9 Å². The van der Waals surface area contributed by atoms with Gasteiger partial charge in [0.1, 0.15) is 19.5 Å². The molecular weight excluding hydrogens is 438 g/mol. The summed E-state index contributed by atoms with van der Waals surface area (Å²) in [5.41, 5.74) is 4.21. The third-order valence-electron chi connectivity index (χ3n) is 6.03. The smallest absolute Gasteiger partial charge is 0.342 e. The van der Waals surface area contributed by atoms with Gasteiger partial charge in [0.15, 0.2) is 11.6 Å². The lowest BCUT2D eigenvalue weighted by Gasteiger charge is -2.34. The molecule has 0 radical (unpaired) electrons. The van der Waals surface area contributed by atoms with Crippen LogP contribution in [0.2, 0.25) is 0 Å². The molecule has 1 atom stereocenters. The Morgan fingerprint density at radius 2 is 2.12 bits per heavy atom.